The fraction of sp³-hybridized carbons (Fsp3) is 0.364. The summed E-state index contributed by atoms with van der Waals surface area (Å²) in [6.45, 7) is 1.26. The van der Waals surface area contributed by atoms with Crippen molar-refractivity contribution in [2.75, 3.05) is 0 Å². The van der Waals surface area contributed by atoms with Gasteiger partial charge in [0, 0.05) is 0 Å². The minimum atomic E-state index is -4.41. The van der Waals surface area contributed by atoms with Crippen LogP contribution < -0.4 is 0 Å². The molecule has 0 saturated carbocycles. The van der Waals surface area contributed by atoms with Crippen LogP contribution in [0.4, 0.5) is 13.2 Å². The molecule has 0 aliphatic carbocycles. The molecule has 0 bridgehead atoms. The van der Waals surface area contributed by atoms with Crippen LogP contribution in [0.5, 0.6) is 0 Å². The molecule has 0 aromatic heterocycles. The van der Waals surface area contributed by atoms with E-state index < -0.39 is 17.1 Å². The molecule has 0 spiro atoms. The highest BCUT2D eigenvalue weighted by Gasteiger charge is 2.33. The third-order valence-electron chi connectivity index (χ3n) is 2.16. The topological polar surface area (TPSA) is 17.1 Å². The molecule has 1 nitrogen and oxygen atoms in total. The molecule has 88 valence electrons. The average Bonchev–Trinajstić information content (AvgIpc) is 2.16. The van der Waals surface area contributed by atoms with E-state index in [2.05, 4.69) is 0 Å². The fourth-order valence-electron chi connectivity index (χ4n) is 1.31. The highest BCUT2D eigenvalue weighted by atomic mass is 35.5. The summed E-state index contributed by atoms with van der Waals surface area (Å²) in [4.78, 5) is 10.9. The lowest BCUT2D eigenvalue weighted by Gasteiger charge is -2.13. The number of carbonyl (C=O) groups excluding carboxylic acids is 1. The summed E-state index contributed by atoms with van der Waals surface area (Å²) in [5, 5.41) is -0.913. The zero-order valence-electron chi connectivity index (χ0n) is 8.51. The number of hydrogen-bond acceptors (Lipinski definition) is 1. The molecule has 0 saturated heterocycles. The van der Waals surface area contributed by atoms with Crippen LogP contribution in [0.3, 0.4) is 0 Å². The fourth-order valence-corrected chi connectivity index (χ4v) is 1.48. The second-order valence-corrected chi connectivity index (χ2v) is 3.96. The first kappa shape index (κ1) is 13.0. The van der Waals surface area contributed by atoms with E-state index in [0.717, 1.165) is 6.07 Å². The quantitative estimate of drug-likeness (QED) is 0.751. The van der Waals surface area contributed by atoms with Crippen molar-refractivity contribution in [1.29, 1.82) is 0 Å². The van der Waals surface area contributed by atoms with Crippen LogP contribution in [0, 0.1) is 0 Å². The highest BCUT2D eigenvalue weighted by Crippen LogP contribution is 2.32. The standard InChI is InChI=1S/C11H10ClF3O/c1-7(16)10(12)6-8-4-2-3-5-9(8)11(13,14)15/h2-5,10H,6H2,1H3. The van der Waals surface area contributed by atoms with E-state index in [9.17, 15) is 18.0 Å². The Kier molecular flexibility index (Phi) is 3.97. The number of Topliss-reactive ketones (excluding diaryl/α,β-unsaturated/α-hetero) is 1. The molecule has 0 N–H and O–H groups in total. The summed E-state index contributed by atoms with van der Waals surface area (Å²) >= 11 is 5.66. The summed E-state index contributed by atoms with van der Waals surface area (Å²) in [5.41, 5.74) is -0.688. The van der Waals surface area contributed by atoms with Gasteiger partial charge in [-0.25, -0.2) is 0 Å². The van der Waals surface area contributed by atoms with Gasteiger partial charge < -0.3 is 0 Å². The van der Waals surface area contributed by atoms with Gasteiger partial charge in [-0.2, -0.15) is 13.2 Å². The summed E-state index contributed by atoms with van der Waals surface area (Å²) in [5.74, 6) is -0.335. The molecule has 1 aromatic carbocycles. The van der Waals surface area contributed by atoms with E-state index in [4.69, 9.17) is 11.6 Å². The van der Waals surface area contributed by atoms with Crippen molar-refractivity contribution in [2.45, 2.75) is 24.9 Å². The number of rotatable bonds is 3. The van der Waals surface area contributed by atoms with Gasteiger partial charge in [-0.05, 0) is 25.0 Å². The second kappa shape index (κ2) is 4.87. The Morgan fingerprint density at radius 1 is 1.38 bits per heavy atom. The van der Waals surface area contributed by atoms with Crippen LogP contribution >= 0.6 is 11.6 Å². The molecule has 0 radical (unpaired) electrons. The molecular weight excluding hydrogens is 241 g/mol. The van der Waals surface area contributed by atoms with Crippen molar-refractivity contribution in [3.05, 3.63) is 35.4 Å². The molecule has 0 amide bonds. The molecule has 0 fully saturated rings. The van der Waals surface area contributed by atoms with Crippen molar-refractivity contribution < 1.29 is 18.0 Å². The molecular formula is C11H10ClF3O. The number of benzene rings is 1. The number of ketones is 1. The molecule has 0 heterocycles. The van der Waals surface area contributed by atoms with E-state index in [-0.39, 0.29) is 17.8 Å². The Labute approximate surface area is 96.2 Å². The molecule has 1 aromatic rings. The van der Waals surface area contributed by atoms with E-state index >= 15 is 0 Å². The van der Waals surface area contributed by atoms with Gasteiger partial charge in [-0.3, -0.25) is 4.79 Å². The van der Waals surface area contributed by atoms with Crippen LogP contribution in [-0.2, 0) is 17.4 Å². The monoisotopic (exact) mass is 250 g/mol. The third-order valence-corrected chi connectivity index (χ3v) is 2.62. The maximum Gasteiger partial charge on any atom is 0.416 e. The Bertz CT molecular complexity index is 387. The van der Waals surface area contributed by atoms with E-state index in [1.807, 2.05) is 0 Å². The highest BCUT2D eigenvalue weighted by molar-refractivity contribution is 6.30. The largest absolute Gasteiger partial charge is 0.416 e. The number of alkyl halides is 4. The van der Waals surface area contributed by atoms with E-state index in [1.165, 1.54) is 25.1 Å². The molecule has 5 heteroatoms. The SMILES string of the molecule is CC(=O)C(Cl)Cc1ccccc1C(F)(F)F. The zero-order chi connectivity index (χ0) is 12.3. The molecule has 0 aliphatic rings. The predicted octanol–water partition coefficient (Wildman–Crippen LogP) is 3.44. The lowest BCUT2D eigenvalue weighted by atomic mass is 10.0. The van der Waals surface area contributed by atoms with Gasteiger partial charge in [-0.15, -0.1) is 11.6 Å². The van der Waals surface area contributed by atoms with Gasteiger partial charge in [0.1, 0.15) is 5.78 Å². The van der Waals surface area contributed by atoms with Gasteiger partial charge >= 0.3 is 6.18 Å². The minimum Gasteiger partial charge on any atom is -0.298 e. The molecule has 16 heavy (non-hydrogen) atoms. The first-order chi connectivity index (χ1) is 7.32. The molecule has 1 rings (SSSR count). The summed E-state index contributed by atoms with van der Waals surface area (Å²) in [7, 11) is 0. The van der Waals surface area contributed by atoms with Gasteiger partial charge in [-0.1, -0.05) is 18.2 Å². The molecule has 0 aliphatic heterocycles. The summed E-state index contributed by atoms with van der Waals surface area (Å²) in [6.07, 6.45) is -4.52. The van der Waals surface area contributed by atoms with Crippen LogP contribution in [0.25, 0.3) is 0 Å². The average molecular weight is 251 g/mol. The van der Waals surface area contributed by atoms with Crippen molar-refractivity contribution in [1.82, 2.24) is 0 Å². The maximum atomic E-state index is 12.6. The Morgan fingerprint density at radius 3 is 2.44 bits per heavy atom. The van der Waals surface area contributed by atoms with Crippen molar-refractivity contribution in [3.8, 4) is 0 Å². The smallest absolute Gasteiger partial charge is 0.298 e. The Morgan fingerprint density at radius 2 is 1.94 bits per heavy atom. The Balaban J connectivity index is 3.01. The minimum absolute atomic E-state index is 0.0465. The third kappa shape index (κ3) is 3.23. The van der Waals surface area contributed by atoms with Gasteiger partial charge in [0.05, 0.1) is 10.9 Å². The van der Waals surface area contributed by atoms with Gasteiger partial charge in [0.25, 0.3) is 0 Å². The predicted molar refractivity (Wildman–Crippen MR) is 55.5 cm³/mol. The van der Waals surface area contributed by atoms with E-state index in [0.29, 0.717) is 0 Å². The number of halogens is 4. The maximum absolute atomic E-state index is 12.6. The first-order valence-electron chi connectivity index (χ1n) is 4.62. The van der Waals surface area contributed by atoms with E-state index in [1.54, 1.807) is 0 Å². The van der Waals surface area contributed by atoms with Crippen molar-refractivity contribution in [2.24, 2.45) is 0 Å². The summed E-state index contributed by atoms with van der Waals surface area (Å²) < 4.78 is 37.7. The summed E-state index contributed by atoms with van der Waals surface area (Å²) in [6, 6.07) is 5.12. The molecule has 1 atom stereocenters. The second-order valence-electron chi connectivity index (χ2n) is 3.44. The van der Waals surface area contributed by atoms with Gasteiger partial charge in [0.2, 0.25) is 0 Å². The van der Waals surface area contributed by atoms with Crippen molar-refractivity contribution >= 4 is 17.4 Å². The number of carbonyl (C=O) groups is 1. The van der Waals surface area contributed by atoms with Gasteiger partial charge in [0.15, 0.2) is 0 Å². The zero-order valence-corrected chi connectivity index (χ0v) is 9.27. The number of hydrogen-bond donors (Lipinski definition) is 0. The Hall–Kier alpha value is -1.03. The van der Waals surface area contributed by atoms with Crippen molar-refractivity contribution in [3.63, 3.8) is 0 Å². The lowest BCUT2D eigenvalue weighted by Crippen LogP contribution is -2.17. The van der Waals surface area contributed by atoms with Crippen LogP contribution in [0.1, 0.15) is 18.1 Å². The lowest BCUT2D eigenvalue weighted by molar-refractivity contribution is -0.138. The normalized spacial score (nSPS) is 13.6. The molecule has 1 unspecified atom stereocenters. The van der Waals surface area contributed by atoms with Crippen LogP contribution in [0.15, 0.2) is 24.3 Å². The first-order valence-corrected chi connectivity index (χ1v) is 5.05. The van der Waals surface area contributed by atoms with Crippen LogP contribution in [-0.4, -0.2) is 11.2 Å². The van der Waals surface area contributed by atoms with Crippen LogP contribution in [0.2, 0.25) is 0 Å².